The van der Waals surface area contributed by atoms with Gasteiger partial charge in [-0.05, 0) is 31.1 Å². The highest BCUT2D eigenvalue weighted by molar-refractivity contribution is 7.07. The lowest BCUT2D eigenvalue weighted by atomic mass is 10.3. The van der Waals surface area contributed by atoms with Crippen molar-refractivity contribution in [2.24, 2.45) is 0 Å². The lowest BCUT2D eigenvalue weighted by Gasteiger charge is -2.34. The van der Waals surface area contributed by atoms with Gasteiger partial charge in [0.25, 0.3) is 0 Å². The summed E-state index contributed by atoms with van der Waals surface area (Å²) in [6.45, 7) is 0. The van der Waals surface area contributed by atoms with Crippen molar-refractivity contribution in [1.82, 2.24) is 0 Å². The lowest BCUT2D eigenvalue weighted by molar-refractivity contribution is -0.423. The summed E-state index contributed by atoms with van der Waals surface area (Å²) in [4.78, 5) is 0. The summed E-state index contributed by atoms with van der Waals surface area (Å²) < 4.78 is 13.5. The fourth-order valence-electron chi connectivity index (χ4n) is 5.44. The molecule has 6 aromatic carbocycles. The van der Waals surface area contributed by atoms with E-state index in [-0.39, 0.29) is 0 Å². The molecule has 0 spiro atoms. The second-order valence-electron chi connectivity index (χ2n) is 9.79. The molecule has 0 aliphatic carbocycles. The normalized spacial score (nSPS) is 11.7. The zero-order chi connectivity index (χ0) is 27.8. The summed E-state index contributed by atoms with van der Waals surface area (Å²) in [7, 11) is -6.30. The molecule has 41 heavy (non-hydrogen) atoms. The van der Waals surface area contributed by atoms with Crippen LogP contribution in [0.5, 0.6) is 0 Å². The summed E-state index contributed by atoms with van der Waals surface area (Å²) in [6.07, 6.45) is 0. The third kappa shape index (κ3) is 5.25. The van der Waals surface area contributed by atoms with Gasteiger partial charge in [0.15, 0.2) is 0 Å². The van der Waals surface area contributed by atoms with Gasteiger partial charge >= 0.3 is 16.6 Å². The second kappa shape index (κ2) is 12.4. The topological polar surface area (TPSA) is 27.7 Å². The quantitative estimate of drug-likeness (QED) is 0.108. The van der Waals surface area contributed by atoms with Crippen molar-refractivity contribution >= 4 is 47.8 Å². The number of benzene rings is 6. The molecule has 5 heteroatoms. The predicted molar refractivity (Wildman–Crippen MR) is 171 cm³/mol. The molecular weight excluding hydrogens is 537 g/mol. The number of hydrogen-bond acceptors (Lipinski definition) is 3. The number of hydrogen-bond donors (Lipinski definition) is 0. The molecule has 0 amide bonds. The van der Waals surface area contributed by atoms with E-state index in [0.717, 1.165) is 31.1 Å². The highest BCUT2D eigenvalue weighted by Gasteiger charge is 2.48. The molecular formula is C36H30O3Si2. The Bertz CT molecular complexity index is 1310. The Morgan fingerprint density at radius 1 is 0.244 bits per heavy atom. The standard InChI is InChI=1S/C36H30O3Si2/c1-7-19-31(20-8-1)40(32-21-9-2-10-22-32,33-23-11-3-12-24-33)38-37-39-41(34-25-13-4-14-26-34,35-27-15-5-16-28-35)36-29-17-6-18-30-36/h1-30H. The maximum atomic E-state index is 6.76. The van der Waals surface area contributed by atoms with E-state index in [9.17, 15) is 0 Å². The first-order valence-electron chi connectivity index (χ1n) is 13.7. The monoisotopic (exact) mass is 566 g/mol. The molecule has 0 saturated carbocycles. The van der Waals surface area contributed by atoms with Crippen LogP contribution in [0.15, 0.2) is 182 Å². The van der Waals surface area contributed by atoms with Crippen molar-refractivity contribution in [2.45, 2.75) is 0 Å². The summed E-state index contributed by atoms with van der Waals surface area (Å²) in [5, 5.41) is 12.6. The van der Waals surface area contributed by atoms with Crippen LogP contribution in [0.1, 0.15) is 0 Å². The Balaban J connectivity index is 1.50. The molecule has 0 bridgehead atoms. The van der Waals surface area contributed by atoms with E-state index in [2.05, 4.69) is 72.8 Å². The smallest absolute Gasteiger partial charge is 0.241 e. The molecule has 0 heterocycles. The fraction of sp³-hybridized carbons (Fsp3) is 0. The van der Waals surface area contributed by atoms with E-state index in [1.165, 1.54) is 0 Å². The summed E-state index contributed by atoms with van der Waals surface area (Å²) in [5.74, 6) is 0. The molecule has 0 saturated heterocycles. The maximum absolute atomic E-state index is 6.76. The van der Waals surface area contributed by atoms with Gasteiger partial charge in [0.1, 0.15) is 0 Å². The van der Waals surface area contributed by atoms with E-state index in [1.54, 1.807) is 0 Å². The van der Waals surface area contributed by atoms with Crippen molar-refractivity contribution in [3.63, 3.8) is 0 Å². The molecule has 0 radical (unpaired) electrons. The Labute approximate surface area is 243 Å². The largest absolute Gasteiger partial charge is 0.335 e. The summed E-state index contributed by atoms with van der Waals surface area (Å²) in [6, 6.07) is 62.1. The van der Waals surface area contributed by atoms with Crippen molar-refractivity contribution in [2.75, 3.05) is 0 Å². The molecule has 3 nitrogen and oxygen atoms in total. The van der Waals surface area contributed by atoms with Crippen molar-refractivity contribution < 1.29 is 14.2 Å². The second-order valence-corrected chi connectivity index (χ2v) is 16.3. The van der Waals surface area contributed by atoms with E-state index < -0.39 is 16.6 Å². The van der Waals surface area contributed by atoms with Crippen LogP contribution in [0.4, 0.5) is 0 Å². The average Bonchev–Trinajstić information content (AvgIpc) is 3.08. The van der Waals surface area contributed by atoms with Crippen LogP contribution in [0.2, 0.25) is 0 Å². The Kier molecular flexibility index (Phi) is 8.14. The first-order valence-corrected chi connectivity index (χ1v) is 17.5. The van der Waals surface area contributed by atoms with Gasteiger partial charge in [0.05, 0.1) is 0 Å². The highest BCUT2D eigenvalue weighted by Crippen LogP contribution is 2.15. The molecule has 6 aromatic rings. The van der Waals surface area contributed by atoms with Gasteiger partial charge < -0.3 is 0 Å². The minimum atomic E-state index is -3.15. The summed E-state index contributed by atoms with van der Waals surface area (Å²) in [5.41, 5.74) is 0. The van der Waals surface area contributed by atoms with Crippen LogP contribution in [0, 0.1) is 0 Å². The van der Waals surface area contributed by atoms with Crippen LogP contribution in [0.25, 0.3) is 0 Å². The van der Waals surface area contributed by atoms with E-state index in [0.29, 0.717) is 0 Å². The average molecular weight is 567 g/mol. The van der Waals surface area contributed by atoms with Gasteiger partial charge in [-0.3, -0.25) is 0 Å². The highest BCUT2D eigenvalue weighted by atomic mass is 28.4. The molecule has 0 fully saturated rings. The SMILES string of the molecule is c1ccc([Si](OOO[Si](c2ccccc2)(c2ccccc2)c2ccccc2)(c2ccccc2)c2ccccc2)cc1. The molecule has 0 N–H and O–H groups in total. The van der Waals surface area contributed by atoms with E-state index in [4.69, 9.17) is 14.2 Å². The first-order chi connectivity index (χ1) is 20.3. The first kappa shape index (κ1) is 26.8. The Morgan fingerprint density at radius 3 is 0.585 bits per heavy atom. The zero-order valence-electron chi connectivity index (χ0n) is 22.5. The van der Waals surface area contributed by atoms with Gasteiger partial charge in [-0.1, -0.05) is 187 Å². The van der Waals surface area contributed by atoms with Crippen LogP contribution < -0.4 is 31.1 Å². The Morgan fingerprint density at radius 2 is 0.415 bits per heavy atom. The summed E-state index contributed by atoms with van der Waals surface area (Å²) >= 11 is 0. The minimum absolute atomic E-state index is 1.06. The van der Waals surface area contributed by atoms with Crippen LogP contribution in [-0.2, 0) is 14.2 Å². The predicted octanol–water partition coefficient (Wildman–Crippen LogP) is 4.20. The van der Waals surface area contributed by atoms with Crippen molar-refractivity contribution in [1.29, 1.82) is 0 Å². The van der Waals surface area contributed by atoms with Gasteiger partial charge in [-0.25, -0.2) is 9.15 Å². The molecule has 0 atom stereocenters. The molecule has 6 rings (SSSR count). The Hall–Kier alpha value is -4.37. The molecule has 200 valence electrons. The molecule has 0 unspecified atom stereocenters. The van der Waals surface area contributed by atoms with Crippen LogP contribution in [-0.4, -0.2) is 16.6 Å². The lowest BCUT2D eigenvalue weighted by Crippen LogP contribution is -2.72. The zero-order valence-corrected chi connectivity index (χ0v) is 24.5. The third-order valence-electron chi connectivity index (χ3n) is 7.40. The minimum Gasteiger partial charge on any atom is -0.241 e. The maximum Gasteiger partial charge on any atom is 0.335 e. The molecule has 0 aliphatic rings. The fourth-order valence-corrected chi connectivity index (χ4v) is 12.3. The third-order valence-corrected chi connectivity index (χ3v) is 14.9. The molecule has 0 aliphatic heterocycles. The van der Waals surface area contributed by atoms with Crippen LogP contribution >= 0.6 is 0 Å². The number of rotatable bonds is 10. The van der Waals surface area contributed by atoms with Crippen LogP contribution in [0.3, 0.4) is 0 Å². The van der Waals surface area contributed by atoms with E-state index in [1.807, 2.05) is 109 Å². The van der Waals surface area contributed by atoms with Gasteiger partial charge in [-0.15, -0.1) is 0 Å². The van der Waals surface area contributed by atoms with Crippen molar-refractivity contribution in [3.8, 4) is 0 Å². The van der Waals surface area contributed by atoms with Crippen molar-refractivity contribution in [3.05, 3.63) is 182 Å². The van der Waals surface area contributed by atoms with E-state index >= 15 is 0 Å². The van der Waals surface area contributed by atoms with Gasteiger partial charge in [-0.2, -0.15) is 0 Å². The van der Waals surface area contributed by atoms with Gasteiger partial charge in [0, 0.05) is 0 Å². The molecule has 0 aromatic heterocycles. The van der Waals surface area contributed by atoms with Gasteiger partial charge in [0.2, 0.25) is 0 Å².